The Morgan fingerprint density at radius 3 is 2.61 bits per heavy atom. The van der Waals surface area contributed by atoms with Crippen LogP contribution >= 0.6 is 0 Å². The van der Waals surface area contributed by atoms with Crippen LogP contribution in [0.15, 0.2) is 6.20 Å². The van der Waals surface area contributed by atoms with E-state index < -0.39 is 16.4 Å². The second-order valence-corrected chi connectivity index (χ2v) is 4.38. The van der Waals surface area contributed by atoms with Crippen molar-refractivity contribution in [3.63, 3.8) is 0 Å². The van der Waals surface area contributed by atoms with Crippen molar-refractivity contribution in [2.75, 3.05) is 11.4 Å². The van der Waals surface area contributed by atoms with Crippen LogP contribution in [0.5, 0.6) is 0 Å². The first-order chi connectivity index (χ1) is 8.21. The van der Waals surface area contributed by atoms with Crippen molar-refractivity contribution in [3.05, 3.63) is 16.3 Å². The lowest BCUT2D eigenvalue weighted by Gasteiger charge is -2.33. The van der Waals surface area contributed by atoms with Crippen LogP contribution in [0.4, 0.5) is 11.5 Å². The van der Waals surface area contributed by atoms with Crippen LogP contribution in [-0.2, 0) is 11.8 Å². The van der Waals surface area contributed by atoms with E-state index in [1.165, 1.54) is 29.6 Å². The van der Waals surface area contributed by atoms with E-state index in [9.17, 15) is 20.0 Å². The molecule has 8 nitrogen and oxygen atoms in total. The van der Waals surface area contributed by atoms with Gasteiger partial charge >= 0.3 is 11.7 Å². The fourth-order valence-electron chi connectivity index (χ4n) is 1.71. The Hall–Kier alpha value is -2.12. The SMILES string of the molecule is CCN(c1nn(C)cc1[N+](=O)[O-])C(C)(C)C(=O)O. The van der Waals surface area contributed by atoms with E-state index in [1.807, 2.05) is 0 Å². The number of hydrogen-bond donors (Lipinski definition) is 1. The molecule has 0 aliphatic rings. The molecule has 0 saturated heterocycles. The van der Waals surface area contributed by atoms with Gasteiger partial charge in [0.15, 0.2) is 0 Å². The van der Waals surface area contributed by atoms with Crippen LogP contribution in [0.2, 0.25) is 0 Å². The van der Waals surface area contributed by atoms with Crippen LogP contribution in [0, 0.1) is 10.1 Å². The summed E-state index contributed by atoms with van der Waals surface area (Å²) in [5.74, 6) is -0.998. The maximum atomic E-state index is 11.2. The normalized spacial score (nSPS) is 11.3. The number of aryl methyl sites for hydroxylation is 1. The lowest BCUT2D eigenvalue weighted by Crippen LogP contribution is -2.50. The lowest BCUT2D eigenvalue weighted by molar-refractivity contribution is -0.384. The van der Waals surface area contributed by atoms with Gasteiger partial charge in [-0.3, -0.25) is 14.8 Å². The number of anilines is 1. The van der Waals surface area contributed by atoms with Gasteiger partial charge in [-0.2, -0.15) is 0 Å². The van der Waals surface area contributed by atoms with Gasteiger partial charge in [0.25, 0.3) is 0 Å². The van der Waals surface area contributed by atoms with Crippen LogP contribution in [0.25, 0.3) is 0 Å². The van der Waals surface area contributed by atoms with Crippen LogP contribution in [-0.4, -0.2) is 37.9 Å². The fraction of sp³-hybridized carbons (Fsp3) is 0.600. The highest BCUT2D eigenvalue weighted by molar-refractivity contribution is 5.83. The Kier molecular flexibility index (Phi) is 3.59. The van der Waals surface area contributed by atoms with Gasteiger partial charge in [0.1, 0.15) is 11.7 Å². The number of nitro groups is 1. The lowest BCUT2D eigenvalue weighted by atomic mass is 10.0. The van der Waals surface area contributed by atoms with Gasteiger partial charge in [-0.05, 0) is 20.8 Å². The highest BCUT2D eigenvalue weighted by atomic mass is 16.6. The molecule has 18 heavy (non-hydrogen) atoms. The van der Waals surface area contributed by atoms with Crippen LogP contribution in [0.1, 0.15) is 20.8 Å². The first kappa shape index (κ1) is 13.9. The monoisotopic (exact) mass is 256 g/mol. The number of carboxylic acid groups (broad SMARTS) is 1. The summed E-state index contributed by atoms with van der Waals surface area (Å²) in [5, 5.41) is 24.1. The third-order valence-corrected chi connectivity index (χ3v) is 2.76. The minimum atomic E-state index is -1.27. The highest BCUT2D eigenvalue weighted by Crippen LogP contribution is 2.31. The smallest absolute Gasteiger partial charge is 0.330 e. The van der Waals surface area contributed by atoms with Gasteiger partial charge < -0.3 is 10.0 Å². The molecule has 1 aromatic heterocycles. The molecule has 0 unspecified atom stereocenters. The Morgan fingerprint density at radius 2 is 2.22 bits per heavy atom. The maximum Gasteiger partial charge on any atom is 0.330 e. The number of hydrogen-bond acceptors (Lipinski definition) is 5. The summed E-state index contributed by atoms with van der Waals surface area (Å²) >= 11 is 0. The molecular weight excluding hydrogens is 240 g/mol. The number of carbonyl (C=O) groups is 1. The molecule has 8 heteroatoms. The zero-order chi connectivity index (χ0) is 14.1. The molecule has 100 valence electrons. The molecule has 0 fully saturated rings. The summed E-state index contributed by atoms with van der Waals surface area (Å²) in [4.78, 5) is 23.0. The van der Waals surface area contributed by atoms with Crippen molar-refractivity contribution >= 4 is 17.5 Å². The minimum absolute atomic E-state index is 0.0670. The zero-order valence-electron chi connectivity index (χ0n) is 10.7. The predicted molar refractivity (Wildman–Crippen MR) is 64.6 cm³/mol. The van der Waals surface area contributed by atoms with Crippen molar-refractivity contribution in [2.24, 2.45) is 7.05 Å². The second kappa shape index (κ2) is 4.63. The number of carboxylic acids is 1. The quantitative estimate of drug-likeness (QED) is 0.623. The average Bonchev–Trinajstić information content (AvgIpc) is 2.60. The summed E-state index contributed by atoms with van der Waals surface area (Å²) in [7, 11) is 1.55. The van der Waals surface area contributed by atoms with Crippen molar-refractivity contribution in [3.8, 4) is 0 Å². The largest absolute Gasteiger partial charge is 0.480 e. The van der Waals surface area contributed by atoms with Gasteiger partial charge in [-0.25, -0.2) is 4.79 Å². The van der Waals surface area contributed by atoms with Gasteiger partial charge in [-0.1, -0.05) is 0 Å². The number of likely N-dealkylation sites (N-methyl/N-ethyl adjacent to an activating group) is 1. The van der Waals surface area contributed by atoms with Crippen molar-refractivity contribution in [1.82, 2.24) is 9.78 Å². The zero-order valence-corrected chi connectivity index (χ0v) is 10.7. The van der Waals surface area contributed by atoms with Gasteiger partial charge in [-0.15, -0.1) is 5.10 Å². The van der Waals surface area contributed by atoms with Gasteiger partial charge in [0.05, 0.1) is 4.92 Å². The molecule has 0 amide bonds. The Morgan fingerprint density at radius 1 is 1.67 bits per heavy atom. The van der Waals surface area contributed by atoms with E-state index in [1.54, 1.807) is 14.0 Å². The molecule has 0 spiro atoms. The third-order valence-electron chi connectivity index (χ3n) is 2.76. The summed E-state index contributed by atoms with van der Waals surface area (Å²) in [6.07, 6.45) is 1.26. The predicted octanol–water partition coefficient (Wildman–Crippen LogP) is 1.02. The molecule has 0 aromatic carbocycles. The van der Waals surface area contributed by atoms with Crippen molar-refractivity contribution in [1.29, 1.82) is 0 Å². The number of aromatic nitrogens is 2. The second-order valence-electron chi connectivity index (χ2n) is 4.38. The topological polar surface area (TPSA) is 102 Å². The molecule has 0 saturated carbocycles. The van der Waals surface area contributed by atoms with E-state index in [2.05, 4.69) is 5.10 Å². The van der Waals surface area contributed by atoms with E-state index in [4.69, 9.17) is 0 Å². The molecule has 1 aromatic rings. The molecule has 0 bridgehead atoms. The first-order valence-electron chi connectivity index (χ1n) is 5.40. The standard InChI is InChI=1S/C10H16N4O4/c1-5-13(10(2,3)9(15)16)8-7(14(17)18)6-12(4)11-8/h6H,5H2,1-4H3,(H,15,16). The molecule has 0 radical (unpaired) electrons. The molecule has 0 aliphatic heterocycles. The van der Waals surface area contributed by atoms with E-state index >= 15 is 0 Å². The molecule has 1 N–H and O–H groups in total. The summed E-state index contributed by atoms with van der Waals surface area (Å²) in [6.45, 7) is 4.99. The maximum absolute atomic E-state index is 11.2. The molecular formula is C10H16N4O4. The van der Waals surface area contributed by atoms with Crippen molar-refractivity contribution in [2.45, 2.75) is 26.3 Å². The fourth-order valence-corrected chi connectivity index (χ4v) is 1.71. The summed E-state index contributed by atoms with van der Waals surface area (Å²) < 4.78 is 1.30. The number of aliphatic carboxylic acids is 1. The minimum Gasteiger partial charge on any atom is -0.480 e. The van der Waals surface area contributed by atoms with E-state index in [-0.39, 0.29) is 11.5 Å². The molecule has 1 rings (SSSR count). The highest BCUT2D eigenvalue weighted by Gasteiger charge is 2.38. The van der Waals surface area contributed by atoms with Crippen LogP contribution in [0.3, 0.4) is 0 Å². The summed E-state index contributed by atoms with van der Waals surface area (Å²) in [5.41, 5.74) is -1.47. The first-order valence-corrected chi connectivity index (χ1v) is 5.40. The number of nitrogens with zero attached hydrogens (tertiary/aromatic N) is 4. The van der Waals surface area contributed by atoms with Crippen molar-refractivity contribution < 1.29 is 14.8 Å². The summed E-state index contributed by atoms with van der Waals surface area (Å²) in [6, 6.07) is 0. The number of rotatable bonds is 5. The molecule has 1 heterocycles. The van der Waals surface area contributed by atoms with E-state index in [0.29, 0.717) is 6.54 Å². The molecule has 0 aliphatic carbocycles. The van der Waals surface area contributed by atoms with Crippen LogP contribution < -0.4 is 4.90 Å². The van der Waals surface area contributed by atoms with Gasteiger partial charge in [0.2, 0.25) is 5.82 Å². The Labute approximate surface area is 104 Å². The average molecular weight is 256 g/mol. The molecule has 0 atom stereocenters. The van der Waals surface area contributed by atoms with E-state index in [0.717, 1.165) is 0 Å². The Bertz CT molecular complexity index is 480. The van der Waals surface area contributed by atoms with Gasteiger partial charge in [0, 0.05) is 13.6 Å². The Balaban J connectivity index is 3.33. The third kappa shape index (κ3) is 2.27.